The Kier molecular flexibility index (Phi) is 5.47. The van der Waals surface area contributed by atoms with Crippen LogP contribution >= 0.6 is 11.3 Å². The van der Waals surface area contributed by atoms with Crippen LogP contribution in [0, 0.1) is 5.41 Å². The van der Waals surface area contributed by atoms with Crippen LogP contribution < -0.4 is 5.32 Å². The zero-order valence-electron chi connectivity index (χ0n) is 11.5. The maximum absolute atomic E-state index is 11.6. The number of aromatic carboxylic acids is 1. The van der Waals surface area contributed by atoms with E-state index in [0.29, 0.717) is 18.0 Å². The van der Waals surface area contributed by atoms with Gasteiger partial charge in [-0.25, -0.2) is 9.78 Å². The highest BCUT2D eigenvalue weighted by Crippen LogP contribution is 2.21. The topological polar surface area (TPSA) is 79.3 Å². The van der Waals surface area contributed by atoms with E-state index >= 15 is 0 Å². The molecule has 5 nitrogen and oxygen atoms in total. The zero-order valence-corrected chi connectivity index (χ0v) is 12.3. The molecule has 0 spiro atoms. The number of carboxylic acids is 1. The van der Waals surface area contributed by atoms with Crippen molar-refractivity contribution in [2.75, 3.05) is 0 Å². The van der Waals surface area contributed by atoms with Gasteiger partial charge in [0, 0.05) is 11.8 Å². The summed E-state index contributed by atoms with van der Waals surface area (Å²) in [7, 11) is 0. The average Bonchev–Trinajstić information content (AvgIpc) is 2.73. The first-order chi connectivity index (χ1) is 8.78. The fraction of sp³-hybridized carbons (Fsp3) is 0.615. The number of carboxylic acid groups (broad SMARTS) is 1. The van der Waals surface area contributed by atoms with Crippen molar-refractivity contribution in [3.63, 3.8) is 0 Å². The second-order valence-corrected chi connectivity index (χ2v) is 6.57. The van der Waals surface area contributed by atoms with E-state index in [0.717, 1.165) is 12.8 Å². The summed E-state index contributed by atoms with van der Waals surface area (Å²) in [6.45, 7) is 6.74. The van der Waals surface area contributed by atoms with Gasteiger partial charge in [-0.2, -0.15) is 0 Å². The molecule has 2 N–H and O–H groups in total. The second-order valence-electron chi connectivity index (χ2n) is 5.62. The molecule has 0 unspecified atom stereocenters. The van der Waals surface area contributed by atoms with Gasteiger partial charge in [-0.05, 0) is 18.3 Å². The molecule has 0 bridgehead atoms. The van der Waals surface area contributed by atoms with Crippen molar-refractivity contribution in [3.05, 3.63) is 16.1 Å². The van der Waals surface area contributed by atoms with E-state index in [-0.39, 0.29) is 17.0 Å². The van der Waals surface area contributed by atoms with E-state index in [1.165, 1.54) is 16.7 Å². The standard InChI is InChI=1S/C13H20N2O3S/c1-13(2,3)6-4-5-10(16)14-7-11-15-9(8-19-11)12(17)18/h8H,4-7H2,1-3H3,(H,14,16)(H,17,18). The van der Waals surface area contributed by atoms with Crippen molar-refractivity contribution in [2.24, 2.45) is 5.41 Å². The molecule has 1 heterocycles. The van der Waals surface area contributed by atoms with Crippen LogP contribution in [-0.4, -0.2) is 22.0 Å². The van der Waals surface area contributed by atoms with Crippen molar-refractivity contribution >= 4 is 23.2 Å². The Labute approximate surface area is 117 Å². The molecule has 0 aliphatic carbocycles. The lowest BCUT2D eigenvalue weighted by molar-refractivity contribution is -0.121. The molecule has 0 aromatic carbocycles. The van der Waals surface area contributed by atoms with Crippen LogP contribution in [0.15, 0.2) is 5.38 Å². The summed E-state index contributed by atoms with van der Waals surface area (Å²) in [5, 5.41) is 13.6. The Morgan fingerprint density at radius 1 is 1.42 bits per heavy atom. The maximum Gasteiger partial charge on any atom is 0.355 e. The van der Waals surface area contributed by atoms with Crippen LogP contribution in [0.1, 0.15) is 55.5 Å². The van der Waals surface area contributed by atoms with Crippen molar-refractivity contribution < 1.29 is 14.7 Å². The van der Waals surface area contributed by atoms with E-state index in [4.69, 9.17) is 5.11 Å². The summed E-state index contributed by atoms with van der Waals surface area (Å²) in [5.41, 5.74) is 0.272. The number of nitrogens with zero attached hydrogens (tertiary/aromatic N) is 1. The van der Waals surface area contributed by atoms with Gasteiger partial charge in [-0.15, -0.1) is 11.3 Å². The number of carbonyl (C=O) groups excluding carboxylic acids is 1. The summed E-state index contributed by atoms with van der Waals surface area (Å²) in [6, 6.07) is 0. The Morgan fingerprint density at radius 3 is 2.63 bits per heavy atom. The van der Waals surface area contributed by atoms with Gasteiger partial charge in [-0.1, -0.05) is 20.8 Å². The normalized spacial score (nSPS) is 11.3. The van der Waals surface area contributed by atoms with Gasteiger partial charge in [0.15, 0.2) is 5.69 Å². The lowest BCUT2D eigenvalue weighted by Crippen LogP contribution is -2.22. The van der Waals surface area contributed by atoms with Gasteiger partial charge in [0.1, 0.15) is 5.01 Å². The lowest BCUT2D eigenvalue weighted by Gasteiger charge is -2.17. The predicted octanol–water partition coefficient (Wildman–Crippen LogP) is 2.67. The first-order valence-electron chi connectivity index (χ1n) is 6.22. The lowest BCUT2D eigenvalue weighted by atomic mass is 9.90. The van der Waals surface area contributed by atoms with Crippen LogP contribution in [0.4, 0.5) is 0 Å². The molecule has 0 aliphatic heterocycles. The monoisotopic (exact) mass is 284 g/mol. The van der Waals surface area contributed by atoms with Crippen LogP contribution in [-0.2, 0) is 11.3 Å². The first-order valence-corrected chi connectivity index (χ1v) is 7.10. The number of hydrogen-bond donors (Lipinski definition) is 2. The summed E-state index contributed by atoms with van der Waals surface area (Å²) in [5.74, 6) is -1.06. The summed E-state index contributed by atoms with van der Waals surface area (Å²) >= 11 is 1.24. The smallest absolute Gasteiger partial charge is 0.355 e. The first kappa shape index (κ1) is 15.6. The molecule has 0 radical (unpaired) electrons. The number of aromatic nitrogens is 1. The number of rotatable bonds is 6. The van der Waals surface area contributed by atoms with Gasteiger partial charge in [0.05, 0.1) is 6.54 Å². The fourth-order valence-electron chi connectivity index (χ4n) is 1.53. The van der Waals surface area contributed by atoms with E-state index in [9.17, 15) is 9.59 Å². The fourth-order valence-corrected chi connectivity index (χ4v) is 2.24. The van der Waals surface area contributed by atoms with Crippen molar-refractivity contribution in [1.29, 1.82) is 0 Å². The molecule has 0 atom stereocenters. The largest absolute Gasteiger partial charge is 0.476 e. The molecule has 1 amide bonds. The highest BCUT2D eigenvalue weighted by molar-refractivity contribution is 7.09. The third kappa shape index (κ3) is 6.33. The third-order valence-electron chi connectivity index (χ3n) is 2.54. The number of hydrogen-bond acceptors (Lipinski definition) is 4. The van der Waals surface area contributed by atoms with Gasteiger partial charge in [0.25, 0.3) is 0 Å². The number of carbonyl (C=O) groups is 2. The molecule has 0 aliphatic rings. The van der Waals surface area contributed by atoms with Crippen molar-refractivity contribution in [1.82, 2.24) is 10.3 Å². The van der Waals surface area contributed by atoms with Crippen LogP contribution in [0.5, 0.6) is 0 Å². The number of amides is 1. The SMILES string of the molecule is CC(C)(C)CCCC(=O)NCc1nc(C(=O)O)cs1. The molecule has 106 valence electrons. The second kappa shape index (κ2) is 6.65. The molecule has 6 heteroatoms. The van der Waals surface area contributed by atoms with E-state index in [2.05, 4.69) is 31.1 Å². The molecular formula is C13H20N2O3S. The average molecular weight is 284 g/mol. The highest BCUT2D eigenvalue weighted by Gasteiger charge is 2.12. The van der Waals surface area contributed by atoms with E-state index in [1.54, 1.807) is 0 Å². The summed E-state index contributed by atoms with van der Waals surface area (Å²) in [6.07, 6.45) is 2.35. The van der Waals surface area contributed by atoms with Gasteiger partial charge < -0.3 is 10.4 Å². The molecule has 0 saturated carbocycles. The van der Waals surface area contributed by atoms with Crippen molar-refractivity contribution in [3.8, 4) is 0 Å². The van der Waals surface area contributed by atoms with E-state index < -0.39 is 5.97 Å². The molecule has 19 heavy (non-hydrogen) atoms. The van der Waals surface area contributed by atoms with Crippen LogP contribution in [0.3, 0.4) is 0 Å². The van der Waals surface area contributed by atoms with Gasteiger partial charge in [0.2, 0.25) is 5.91 Å². The Balaban J connectivity index is 2.28. The molecule has 0 fully saturated rings. The summed E-state index contributed by atoms with van der Waals surface area (Å²) in [4.78, 5) is 26.1. The maximum atomic E-state index is 11.6. The highest BCUT2D eigenvalue weighted by atomic mass is 32.1. The number of thiazole rings is 1. The molecule has 1 rings (SSSR count). The Bertz CT molecular complexity index is 449. The van der Waals surface area contributed by atoms with Crippen LogP contribution in [0.2, 0.25) is 0 Å². The Morgan fingerprint density at radius 2 is 2.11 bits per heavy atom. The van der Waals surface area contributed by atoms with E-state index in [1.807, 2.05) is 0 Å². The van der Waals surface area contributed by atoms with Crippen LogP contribution in [0.25, 0.3) is 0 Å². The minimum absolute atomic E-state index is 0.0173. The van der Waals surface area contributed by atoms with Gasteiger partial charge in [-0.3, -0.25) is 4.79 Å². The summed E-state index contributed by atoms with van der Waals surface area (Å²) < 4.78 is 0. The van der Waals surface area contributed by atoms with Crippen molar-refractivity contribution in [2.45, 2.75) is 46.6 Å². The minimum atomic E-state index is -1.04. The zero-order chi connectivity index (χ0) is 14.5. The quantitative estimate of drug-likeness (QED) is 0.841. The molecular weight excluding hydrogens is 264 g/mol. The van der Waals surface area contributed by atoms with Gasteiger partial charge >= 0.3 is 5.97 Å². The number of nitrogens with one attached hydrogen (secondary N) is 1. The molecule has 1 aromatic heterocycles. The minimum Gasteiger partial charge on any atom is -0.476 e. The predicted molar refractivity (Wildman–Crippen MR) is 74.2 cm³/mol. The third-order valence-corrected chi connectivity index (χ3v) is 3.39. The Hall–Kier alpha value is -1.43. The molecule has 0 saturated heterocycles. The molecule has 1 aromatic rings.